The van der Waals surface area contributed by atoms with Gasteiger partial charge in [-0.1, -0.05) is 12.2 Å². The summed E-state index contributed by atoms with van der Waals surface area (Å²) in [6, 6.07) is 0. The van der Waals surface area contributed by atoms with E-state index in [1.807, 2.05) is 0 Å². The number of Topliss-reactive ketones (excluding diaryl/α,β-unsaturated/α-hetero) is 1. The van der Waals surface area contributed by atoms with Crippen LogP contribution >= 0.6 is 0 Å². The first kappa shape index (κ1) is 5.95. The molecule has 0 N–H and O–H groups in total. The molecule has 0 aromatic heterocycles. The third-order valence-electron chi connectivity index (χ3n) is 1.16. The number of rotatable bonds is 1. The molecule has 0 saturated carbocycles. The molecule has 2 heteroatoms. The van der Waals surface area contributed by atoms with Gasteiger partial charge in [-0.3, -0.25) is 9.59 Å². The fraction of sp³-hybridized carbons (Fsp3) is 0.143. The summed E-state index contributed by atoms with van der Waals surface area (Å²) < 4.78 is 0. The van der Waals surface area contributed by atoms with Gasteiger partial charge < -0.3 is 0 Å². The van der Waals surface area contributed by atoms with Crippen LogP contribution in [0.3, 0.4) is 0 Å². The summed E-state index contributed by atoms with van der Waals surface area (Å²) in [6.45, 7) is 0. The standard InChI is InChI=1S/C7H6O2/c8-5-6-3-1-2-4-7(6)9/h1-3,5H,4H2. The van der Waals surface area contributed by atoms with Crippen LogP contribution in [0.5, 0.6) is 0 Å². The van der Waals surface area contributed by atoms with Crippen molar-refractivity contribution in [2.24, 2.45) is 0 Å². The van der Waals surface area contributed by atoms with Crippen molar-refractivity contribution in [2.45, 2.75) is 6.42 Å². The van der Waals surface area contributed by atoms with E-state index in [1.165, 1.54) is 6.08 Å². The van der Waals surface area contributed by atoms with Gasteiger partial charge in [0.25, 0.3) is 0 Å². The molecular formula is C7H6O2. The second-order valence-corrected chi connectivity index (χ2v) is 1.80. The molecular weight excluding hydrogens is 116 g/mol. The predicted molar refractivity (Wildman–Crippen MR) is 32.9 cm³/mol. The Bertz CT molecular complexity index is 199. The molecule has 1 aliphatic rings. The molecule has 1 rings (SSSR count). The lowest BCUT2D eigenvalue weighted by Gasteiger charge is -1.97. The van der Waals surface area contributed by atoms with E-state index in [-0.39, 0.29) is 11.4 Å². The first-order chi connectivity index (χ1) is 4.34. The van der Waals surface area contributed by atoms with Crippen LogP contribution in [0.2, 0.25) is 0 Å². The Labute approximate surface area is 52.9 Å². The van der Waals surface area contributed by atoms with Gasteiger partial charge in [0.2, 0.25) is 0 Å². The Hall–Kier alpha value is -1.18. The topological polar surface area (TPSA) is 34.1 Å². The van der Waals surface area contributed by atoms with Crippen molar-refractivity contribution in [3.63, 3.8) is 0 Å². The normalized spacial score (nSPS) is 17.3. The zero-order valence-corrected chi connectivity index (χ0v) is 4.83. The van der Waals surface area contributed by atoms with E-state index < -0.39 is 0 Å². The van der Waals surface area contributed by atoms with Gasteiger partial charge in [-0.05, 0) is 6.08 Å². The van der Waals surface area contributed by atoms with Crippen molar-refractivity contribution < 1.29 is 9.59 Å². The molecule has 0 heterocycles. The molecule has 1 aliphatic carbocycles. The second kappa shape index (κ2) is 2.40. The molecule has 0 aromatic carbocycles. The Balaban J connectivity index is 2.86. The summed E-state index contributed by atoms with van der Waals surface area (Å²) >= 11 is 0. The number of aldehydes is 1. The summed E-state index contributed by atoms with van der Waals surface area (Å²) in [5.41, 5.74) is 0.275. The van der Waals surface area contributed by atoms with Gasteiger partial charge in [0.1, 0.15) is 0 Å². The smallest absolute Gasteiger partial charge is 0.169 e. The van der Waals surface area contributed by atoms with Gasteiger partial charge in [-0.25, -0.2) is 0 Å². The summed E-state index contributed by atoms with van der Waals surface area (Å²) in [7, 11) is 0. The third kappa shape index (κ3) is 1.13. The minimum atomic E-state index is -0.0903. The molecule has 0 amide bonds. The Morgan fingerprint density at radius 3 is 2.78 bits per heavy atom. The highest BCUT2D eigenvalue weighted by molar-refractivity contribution is 6.13. The molecule has 0 bridgehead atoms. The minimum Gasteiger partial charge on any atom is -0.298 e. The van der Waals surface area contributed by atoms with Crippen LogP contribution in [0.15, 0.2) is 23.8 Å². The van der Waals surface area contributed by atoms with Crippen LogP contribution in [0, 0.1) is 0 Å². The number of carbonyl (C=O) groups excluding carboxylic acids is 2. The third-order valence-corrected chi connectivity index (χ3v) is 1.16. The van der Waals surface area contributed by atoms with E-state index in [2.05, 4.69) is 0 Å². The van der Waals surface area contributed by atoms with Crippen LogP contribution in [0.4, 0.5) is 0 Å². The molecule has 0 spiro atoms. The average Bonchev–Trinajstić information content (AvgIpc) is 1.89. The van der Waals surface area contributed by atoms with Crippen LogP contribution in [0.25, 0.3) is 0 Å². The van der Waals surface area contributed by atoms with E-state index in [4.69, 9.17) is 0 Å². The number of carbonyl (C=O) groups is 2. The minimum absolute atomic E-state index is 0.0903. The van der Waals surface area contributed by atoms with Gasteiger partial charge in [-0.15, -0.1) is 0 Å². The van der Waals surface area contributed by atoms with E-state index in [1.54, 1.807) is 12.2 Å². The zero-order chi connectivity index (χ0) is 6.69. The van der Waals surface area contributed by atoms with Crippen molar-refractivity contribution in [3.05, 3.63) is 23.8 Å². The quantitative estimate of drug-likeness (QED) is 0.378. The highest BCUT2D eigenvalue weighted by atomic mass is 16.1. The maximum absolute atomic E-state index is 10.7. The molecule has 46 valence electrons. The molecule has 0 saturated heterocycles. The van der Waals surface area contributed by atoms with E-state index >= 15 is 0 Å². The van der Waals surface area contributed by atoms with Crippen molar-refractivity contribution in [1.82, 2.24) is 0 Å². The zero-order valence-electron chi connectivity index (χ0n) is 4.83. The van der Waals surface area contributed by atoms with Gasteiger partial charge in [0, 0.05) is 6.42 Å². The SMILES string of the molecule is O=CC1=CC=CCC1=O. The lowest BCUT2D eigenvalue weighted by Crippen LogP contribution is -2.04. The van der Waals surface area contributed by atoms with Crippen molar-refractivity contribution in [3.8, 4) is 0 Å². The lowest BCUT2D eigenvalue weighted by atomic mass is 10.1. The Morgan fingerprint density at radius 2 is 2.33 bits per heavy atom. The number of hydrogen-bond donors (Lipinski definition) is 0. The van der Waals surface area contributed by atoms with Crippen LogP contribution in [0.1, 0.15) is 6.42 Å². The van der Waals surface area contributed by atoms with E-state index in [9.17, 15) is 9.59 Å². The van der Waals surface area contributed by atoms with Gasteiger partial charge in [-0.2, -0.15) is 0 Å². The molecule has 0 unspecified atom stereocenters. The molecule has 9 heavy (non-hydrogen) atoms. The van der Waals surface area contributed by atoms with Crippen molar-refractivity contribution in [2.75, 3.05) is 0 Å². The van der Waals surface area contributed by atoms with Crippen molar-refractivity contribution >= 4 is 12.1 Å². The van der Waals surface area contributed by atoms with Crippen LogP contribution in [-0.4, -0.2) is 12.1 Å². The molecule has 0 aromatic rings. The molecule has 0 radical (unpaired) electrons. The Kier molecular flexibility index (Phi) is 1.58. The Morgan fingerprint density at radius 1 is 1.56 bits per heavy atom. The fourth-order valence-corrected chi connectivity index (χ4v) is 0.663. The highest BCUT2D eigenvalue weighted by Crippen LogP contribution is 2.03. The maximum atomic E-state index is 10.7. The number of allylic oxidation sites excluding steroid dienone is 4. The first-order valence-corrected chi connectivity index (χ1v) is 2.70. The molecule has 0 fully saturated rings. The van der Waals surface area contributed by atoms with Gasteiger partial charge in [0.05, 0.1) is 5.57 Å². The highest BCUT2D eigenvalue weighted by Gasteiger charge is 2.07. The summed E-state index contributed by atoms with van der Waals surface area (Å²) in [5.74, 6) is -0.0903. The lowest BCUT2D eigenvalue weighted by molar-refractivity contribution is -0.117. The summed E-state index contributed by atoms with van der Waals surface area (Å²) in [4.78, 5) is 20.7. The average molecular weight is 122 g/mol. The van der Waals surface area contributed by atoms with Gasteiger partial charge >= 0.3 is 0 Å². The second-order valence-electron chi connectivity index (χ2n) is 1.80. The first-order valence-electron chi connectivity index (χ1n) is 2.70. The monoisotopic (exact) mass is 122 g/mol. The van der Waals surface area contributed by atoms with Crippen LogP contribution < -0.4 is 0 Å². The van der Waals surface area contributed by atoms with Gasteiger partial charge in [0.15, 0.2) is 12.1 Å². The number of hydrogen-bond acceptors (Lipinski definition) is 2. The van der Waals surface area contributed by atoms with Crippen LogP contribution in [-0.2, 0) is 9.59 Å². The summed E-state index contributed by atoms with van der Waals surface area (Å²) in [5, 5.41) is 0. The number of ketones is 1. The molecule has 0 atom stereocenters. The van der Waals surface area contributed by atoms with E-state index in [0.717, 1.165) is 0 Å². The predicted octanol–water partition coefficient (Wildman–Crippen LogP) is 0.641. The van der Waals surface area contributed by atoms with E-state index in [0.29, 0.717) is 12.7 Å². The summed E-state index contributed by atoms with van der Waals surface area (Å²) in [6.07, 6.45) is 5.93. The molecule has 0 aliphatic heterocycles. The molecule has 2 nitrogen and oxygen atoms in total. The largest absolute Gasteiger partial charge is 0.298 e. The maximum Gasteiger partial charge on any atom is 0.169 e. The van der Waals surface area contributed by atoms with Crippen molar-refractivity contribution in [1.29, 1.82) is 0 Å². The fourth-order valence-electron chi connectivity index (χ4n) is 0.663.